The Kier molecular flexibility index (Phi) is 4.83. The number of aryl methyl sites for hydroxylation is 2. The first kappa shape index (κ1) is 15.8. The average molecular weight is 307 g/mol. The normalized spacial score (nSPS) is 22.8. The minimum Gasteiger partial charge on any atom is -0.481 e. The largest absolute Gasteiger partial charge is 0.481 e. The third-order valence-corrected chi connectivity index (χ3v) is 4.97. The summed E-state index contributed by atoms with van der Waals surface area (Å²) in [5.74, 6) is -2.15. The number of thiophene rings is 1. The summed E-state index contributed by atoms with van der Waals surface area (Å²) >= 11 is 1.71. The van der Waals surface area contributed by atoms with Gasteiger partial charge in [0, 0.05) is 9.75 Å². The van der Waals surface area contributed by atoms with Crippen LogP contribution in [0.4, 0.5) is 0 Å². The number of carbonyl (C=O) groups excluding carboxylic acids is 1. The molecule has 0 fully saturated rings. The Hall–Kier alpha value is -1.62. The van der Waals surface area contributed by atoms with E-state index < -0.39 is 17.8 Å². The number of carbonyl (C=O) groups is 2. The summed E-state index contributed by atoms with van der Waals surface area (Å²) in [5.41, 5.74) is 1.11. The average Bonchev–Trinajstić information content (AvgIpc) is 2.77. The van der Waals surface area contributed by atoms with Gasteiger partial charge in [-0.1, -0.05) is 12.2 Å². The van der Waals surface area contributed by atoms with Crippen LogP contribution in [0.2, 0.25) is 0 Å². The number of carboxylic acid groups (broad SMARTS) is 1. The number of carboxylic acids is 1. The van der Waals surface area contributed by atoms with Crippen LogP contribution in [0.25, 0.3) is 0 Å². The molecule has 0 aliphatic heterocycles. The van der Waals surface area contributed by atoms with Crippen molar-refractivity contribution in [2.75, 3.05) is 0 Å². The lowest BCUT2D eigenvalue weighted by Gasteiger charge is -2.26. The van der Waals surface area contributed by atoms with Crippen molar-refractivity contribution in [3.63, 3.8) is 0 Å². The number of hydrogen-bond acceptors (Lipinski definition) is 3. The van der Waals surface area contributed by atoms with Crippen LogP contribution in [0.5, 0.6) is 0 Å². The lowest BCUT2D eigenvalue weighted by Crippen LogP contribution is -2.39. The van der Waals surface area contributed by atoms with E-state index in [1.165, 1.54) is 9.75 Å². The first-order valence-electron chi connectivity index (χ1n) is 7.15. The summed E-state index contributed by atoms with van der Waals surface area (Å²) < 4.78 is 0. The molecular weight excluding hydrogens is 286 g/mol. The van der Waals surface area contributed by atoms with Gasteiger partial charge in [-0.3, -0.25) is 9.59 Å². The van der Waals surface area contributed by atoms with Gasteiger partial charge < -0.3 is 10.4 Å². The molecular formula is C16H21NO3S. The Balaban J connectivity index is 2.08. The second-order valence-electron chi connectivity index (χ2n) is 5.59. The van der Waals surface area contributed by atoms with Crippen LogP contribution < -0.4 is 5.32 Å². The molecule has 0 spiro atoms. The first-order valence-corrected chi connectivity index (χ1v) is 7.97. The maximum atomic E-state index is 12.4. The van der Waals surface area contributed by atoms with Gasteiger partial charge in [-0.2, -0.15) is 0 Å². The van der Waals surface area contributed by atoms with Gasteiger partial charge in [0.05, 0.1) is 17.9 Å². The Bertz CT molecular complexity index is 576. The number of nitrogens with one attached hydrogen (secondary N) is 1. The molecule has 5 heteroatoms. The van der Waals surface area contributed by atoms with E-state index in [1.807, 2.05) is 32.9 Å². The Morgan fingerprint density at radius 3 is 2.43 bits per heavy atom. The van der Waals surface area contributed by atoms with E-state index in [2.05, 4.69) is 11.4 Å². The highest BCUT2D eigenvalue weighted by Crippen LogP contribution is 2.29. The van der Waals surface area contributed by atoms with E-state index >= 15 is 0 Å². The second-order valence-corrected chi connectivity index (χ2v) is 7.05. The molecule has 0 aromatic carbocycles. The van der Waals surface area contributed by atoms with E-state index in [-0.39, 0.29) is 11.9 Å². The van der Waals surface area contributed by atoms with E-state index in [0.717, 1.165) is 5.56 Å². The predicted molar refractivity (Wildman–Crippen MR) is 83.3 cm³/mol. The fourth-order valence-corrected chi connectivity index (χ4v) is 3.88. The lowest BCUT2D eigenvalue weighted by atomic mass is 9.82. The van der Waals surface area contributed by atoms with Crippen molar-refractivity contribution in [3.8, 4) is 0 Å². The third-order valence-electron chi connectivity index (χ3n) is 3.99. The van der Waals surface area contributed by atoms with Crippen molar-refractivity contribution in [3.05, 3.63) is 33.5 Å². The zero-order valence-corrected chi connectivity index (χ0v) is 13.4. The van der Waals surface area contributed by atoms with E-state index in [9.17, 15) is 14.7 Å². The zero-order chi connectivity index (χ0) is 15.6. The molecule has 0 radical (unpaired) electrons. The topological polar surface area (TPSA) is 66.4 Å². The molecule has 4 nitrogen and oxygen atoms in total. The highest BCUT2D eigenvalue weighted by atomic mass is 32.1. The van der Waals surface area contributed by atoms with Gasteiger partial charge in [-0.15, -0.1) is 11.3 Å². The van der Waals surface area contributed by atoms with Crippen LogP contribution >= 0.6 is 11.3 Å². The molecule has 0 saturated heterocycles. The molecule has 3 atom stereocenters. The Morgan fingerprint density at radius 1 is 1.29 bits per heavy atom. The standard InChI is InChI=1S/C16H21NO3S/c1-9-8-14(11(3)21-9)10(2)17-15(18)12-6-4-5-7-13(12)16(19)20/h4-5,8,10,12-13H,6-7H2,1-3H3,(H,17,18)(H,19,20)/t10-,12+,13-/m0/s1. The van der Waals surface area contributed by atoms with Crippen LogP contribution in [-0.4, -0.2) is 17.0 Å². The van der Waals surface area contributed by atoms with Gasteiger partial charge in [0.25, 0.3) is 0 Å². The van der Waals surface area contributed by atoms with Gasteiger partial charge >= 0.3 is 5.97 Å². The minimum atomic E-state index is -0.894. The summed E-state index contributed by atoms with van der Waals surface area (Å²) in [6.45, 7) is 6.03. The summed E-state index contributed by atoms with van der Waals surface area (Å²) in [4.78, 5) is 26.1. The maximum absolute atomic E-state index is 12.4. The van der Waals surface area contributed by atoms with Gasteiger partial charge in [-0.05, 0) is 45.2 Å². The Morgan fingerprint density at radius 2 is 1.90 bits per heavy atom. The molecule has 1 amide bonds. The fraction of sp³-hybridized carbons (Fsp3) is 0.500. The minimum absolute atomic E-state index is 0.0946. The van der Waals surface area contributed by atoms with Crippen LogP contribution in [0.3, 0.4) is 0 Å². The van der Waals surface area contributed by atoms with Crippen molar-refractivity contribution in [1.82, 2.24) is 5.32 Å². The summed E-state index contributed by atoms with van der Waals surface area (Å²) in [6, 6.07) is 1.99. The second kappa shape index (κ2) is 6.43. The summed E-state index contributed by atoms with van der Waals surface area (Å²) in [6.07, 6.45) is 4.67. The predicted octanol–water partition coefficient (Wildman–Crippen LogP) is 3.21. The van der Waals surface area contributed by atoms with Crippen molar-refractivity contribution >= 4 is 23.2 Å². The first-order chi connectivity index (χ1) is 9.90. The van der Waals surface area contributed by atoms with Gasteiger partial charge in [0.2, 0.25) is 5.91 Å². The van der Waals surface area contributed by atoms with E-state index in [0.29, 0.717) is 12.8 Å². The molecule has 0 bridgehead atoms. The van der Waals surface area contributed by atoms with Crippen molar-refractivity contribution in [2.45, 2.75) is 39.7 Å². The van der Waals surface area contributed by atoms with E-state index in [4.69, 9.17) is 0 Å². The molecule has 114 valence electrons. The third kappa shape index (κ3) is 3.53. The van der Waals surface area contributed by atoms with Crippen molar-refractivity contribution in [1.29, 1.82) is 0 Å². The van der Waals surface area contributed by atoms with Gasteiger partial charge in [0.15, 0.2) is 0 Å². The molecule has 21 heavy (non-hydrogen) atoms. The number of hydrogen-bond donors (Lipinski definition) is 2. The molecule has 1 aliphatic carbocycles. The van der Waals surface area contributed by atoms with Gasteiger partial charge in [-0.25, -0.2) is 0 Å². The molecule has 1 heterocycles. The van der Waals surface area contributed by atoms with Gasteiger partial charge in [0.1, 0.15) is 0 Å². The molecule has 2 N–H and O–H groups in total. The Labute approximate surface area is 128 Å². The quantitative estimate of drug-likeness (QED) is 0.839. The van der Waals surface area contributed by atoms with Crippen molar-refractivity contribution in [2.24, 2.45) is 11.8 Å². The summed E-state index contributed by atoms with van der Waals surface area (Å²) in [5, 5.41) is 12.2. The molecule has 2 rings (SSSR count). The number of amides is 1. The maximum Gasteiger partial charge on any atom is 0.307 e. The SMILES string of the molecule is Cc1cc([C@H](C)NC(=O)[C@@H]2CC=CC[C@@H]2C(=O)O)c(C)s1. The van der Waals surface area contributed by atoms with Crippen LogP contribution in [0, 0.1) is 25.7 Å². The van der Waals surface area contributed by atoms with Crippen LogP contribution in [0.1, 0.15) is 41.1 Å². The molecule has 1 aromatic heterocycles. The molecule has 1 aromatic rings. The number of aliphatic carboxylic acids is 1. The monoisotopic (exact) mass is 307 g/mol. The number of allylic oxidation sites excluding steroid dienone is 2. The smallest absolute Gasteiger partial charge is 0.307 e. The van der Waals surface area contributed by atoms with Crippen LogP contribution in [0.15, 0.2) is 18.2 Å². The van der Waals surface area contributed by atoms with E-state index in [1.54, 1.807) is 11.3 Å². The highest BCUT2D eigenvalue weighted by Gasteiger charge is 2.34. The molecule has 0 unspecified atom stereocenters. The van der Waals surface area contributed by atoms with Crippen LogP contribution in [-0.2, 0) is 9.59 Å². The zero-order valence-electron chi connectivity index (χ0n) is 12.6. The fourth-order valence-electron chi connectivity index (χ4n) is 2.86. The summed E-state index contributed by atoms with van der Waals surface area (Å²) in [7, 11) is 0. The highest BCUT2D eigenvalue weighted by molar-refractivity contribution is 7.12. The lowest BCUT2D eigenvalue weighted by molar-refractivity contribution is -0.147. The molecule has 1 aliphatic rings. The number of rotatable bonds is 4. The molecule has 0 saturated carbocycles. The van der Waals surface area contributed by atoms with Crippen molar-refractivity contribution < 1.29 is 14.7 Å².